The molecule has 0 radical (unpaired) electrons. The SMILES string of the molecule is CC1CS(=O)(=O)CCN1C(=O)NC1(C(=O)O)CCOCC1. The lowest BCUT2D eigenvalue weighted by Gasteiger charge is -2.39. The first-order valence-electron chi connectivity index (χ1n) is 6.86. The van der Waals surface area contributed by atoms with Crippen LogP contribution in [0.1, 0.15) is 19.8 Å². The fourth-order valence-corrected chi connectivity index (χ4v) is 4.25. The second-order valence-electron chi connectivity index (χ2n) is 5.59. The van der Waals surface area contributed by atoms with Crippen LogP contribution >= 0.6 is 0 Å². The van der Waals surface area contributed by atoms with Crippen molar-refractivity contribution < 1.29 is 27.9 Å². The van der Waals surface area contributed by atoms with Crippen molar-refractivity contribution in [3.63, 3.8) is 0 Å². The highest BCUT2D eigenvalue weighted by molar-refractivity contribution is 7.91. The molecule has 2 aliphatic heterocycles. The van der Waals surface area contributed by atoms with Crippen molar-refractivity contribution >= 4 is 21.8 Å². The zero-order chi connectivity index (χ0) is 15.7. The molecule has 2 heterocycles. The number of carbonyl (C=O) groups excluding carboxylic acids is 1. The summed E-state index contributed by atoms with van der Waals surface area (Å²) in [7, 11) is -3.12. The number of carboxylic acid groups (broad SMARTS) is 1. The Labute approximate surface area is 123 Å². The van der Waals surface area contributed by atoms with Crippen molar-refractivity contribution in [1.29, 1.82) is 0 Å². The van der Waals surface area contributed by atoms with Gasteiger partial charge in [-0.1, -0.05) is 0 Å². The van der Waals surface area contributed by atoms with Crippen LogP contribution in [0, 0.1) is 0 Å². The van der Waals surface area contributed by atoms with Gasteiger partial charge < -0.3 is 20.1 Å². The molecule has 8 nitrogen and oxygen atoms in total. The number of ether oxygens (including phenoxy) is 1. The Balaban J connectivity index is 2.07. The van der Waals surface area contributed by atoms with Crippen molar-refractivity contribution in [2.75, 3.05) is 31.3 Å². The summed E-state index contributed by atoms with van der Waals surface area (Å²) in [4.78, 5) is 25.2. The van der Waals surface area contributed by atoms with Crippen molar-refractivity contribution in [3.8, 4) is 0 Å². The zero-order valence-electron chi connectivity index (χ0n) is 11.9. The van der Waals surface area contributed by atoms with Crippen LogP contribution < -0.4 is 5.32 Å². The fraction of sp³-hybridized carbons (Fsp3) is 0.833. The van der Waals surface area contributed by atoms with Crippen LogP contribution in [-0.2, 0) is 19.4 Å². The zero-order valence-corrected chi connectivity index (χ0v) is 12.7. The van der Waals surface area contributed by atoms with Crippen LogP contribution in [0.4, 0.5) is 4.79 Å². The molecule has 2 N–H and O–H groups in total. The lowest BCUT2D eigenvalue weighted by atomic mass is 9.90. The summed E-state index contributed by atoms with van der Waals surface area (Å²) in [5, 5.41) is 12.0. The van der Waals surface area contributed by atoms with E-state index in [1.807, 2.05) is 0 Å². The van der Waals surface area contributed by atoms with Gasteiger partial charge >= 0.3 is 12.0 Å². The molecule has 9 heteroatoms. The molecule has 0 aliphatic carbocycles. The van der Waals surface area contributed by atoms with Crippen LogP contribution in [0.5, 0.6) is 0 Å². The third kappa shape index (κ3) is 3.46. The quantitative estimate of drug-likeness (QED) is 0.706. The van der Waals surface area contributed by atoms with E-state index in [-0.39, 0.29) is 44.1 Å². The third-order valence-corrected chi connectivity index (χ3v) is 5.83. The van der Waals surface area contributed by atoms with Crippen LogP contribution in [0.2, 0.25) is 0 Å². The molecule has 120 valence electrons. The molecule has 0 spiro atoms. The molecular weight excluding hydrogens is 300 g/mol. The van der Waals surface area contributed by atoms with Crippen LogP contribution in [-0.4, -0.2) is 73.3 Å². The number of hydrogen-bond donors (Lipinski definition) is 2. The number of rotatable bonds is 2. The van der Waals surface area contributed by atoms with Gasteiger partial charge in [0, 0.05) is 38.6 Å². The molecule has 1 atom stereocenters. The van der Waals surface area contributed by atoms with E-state index in [1.54, 1.807) is 6.92 Å². The topological polar surface area (TPSA) is 113 Å². The van der Waals surface area contributed by atoms with Crippen molar-refractivity contribution in [2.45, 2.75) is 31.3 Å². The average Bonchev–Trinajstić information content (AvgIpc) is 2.38. The predicted molar refractivity (Wildman–Crippen MR) is 73.8 cm³/mol. The molecule has 1 unspecified atom stereocenters. The molecule has 0 saturated carbocycles. The van der Waals surface area contributed by atoms with Crippen LogP contribution in [0.25, 0.3) is 0 Å². The molecule has 21 heavy (non-hydrogen) atoms. The van der Waals surface area contributed by atoms with E-state index in [2.05, 4.69) is 5.32 Å². The molecule has 0 aromatic heterocycles. The summed E-state index contributed by atoms with van der Waals surface area (Å²) < 4.78 is 28.2. The summed E-state index contributed by atoms with van der Waals surface area (Å²) in [6.45, 7) is 2.28. The Morgan fingerprint density at radius 3 is 2.48 bits per heavy atom. The van der Waals surface area contributed by atoms with E-state index in [4.69, 9.17) is 4.74 Å². The smallest absolute Gasteiger partial charge is 0.329 e. The molecular formula is C12H20N2O6S. The van der Waals surface area contributed by atoms with E-state index in [1.165, 1.54) is 4.90 Å². The Bertz CT molecular complexity index is 526. The first kappa shape index (κ1) is 16.0. The minimum Gasteiger partial charge on any atom is -0.480 e. The molecule has 0 aromatic carbocycles. The van der Waals surface area contributed by atoms with Gasteiger partial charge in [-0.05, 0) is 6.92 Å². The fourth-order valence-electron chi connectivity index (χ4n) is 2.69. The summed E-state index contributed by atoms with van der Waals surface area (Å²) in [5.74, 6) is -1.27. The molecule has 2 rings (SSSR count). The molecule has 2 fully saturated rings. The second-order valence-corrected chi connectivity index (χ2v) is 7.82. The number of carboxylic acids is 1. The van der Waals surface area contributed by atoms with E-state index >= 15 is 0 Å². The van der Waals surface area contributed by atoms with E-state index in [9.17, 15) is 23.1 Å². The van der Waals surface area contributed by atoms with Crippen molar-refractivity contribution in [1.82, 2.24) is 10.2 Å². The number of carbonyl (C=O) groups is 2. The average molecular weight is 320 g/mol. The number of nitrogens with one attached hydrogen (secondary N) is 1. The Hall–Kier alpha value is -1.35. The van der Waals surface area contributed by atoms with Gasteiger partial charge in [0.1, 0.15) is 5.54 Å². The van der Waals surface area contributed by atoms with Crippen LogP contribution in [0.3, 0.4) is 0 Å². The summed E-state index contributed by atoms with van der Waals surface area (Å²) >= 11 is 0. The number of amides is 2. The van der Waals surface area contributed by atoms with Gasteiger partial charge in [0.15, 0.2) is 9.84 Å². The minimum atomic E-state index is -3.12. The lowest BCUT2D eigenvalue weighted by molar-refractivity contribution is -0.148. The predicted octanol–water partition coefficient (Wildman–Crippen LogP) is -0.551. The van der Waals surface area contributed by atoms with E-state index < -0.39 is 33.4 Å². The third-order valence-electron chi connectivity index (χ3n) is 4.03. The number of hydrogen-bond acceptors (Lipinski definition) is 5. The van der Waals surface area contributed by atoms with Crippen molar-refractivity contribution in [2.24, 2.45) is 0 Å². The van der Waals surface area contributed by atoms with Gasteiger partial charge in [-0.25, -0.2) is 18.0 Å². The van der Waals surface area contributed by atoms with Gasteiger partial charge in [-0.3, -0.25) is 0 Å². The number of sulfone groups is 1. The van der Waals surface area contributed by atoms with Crippen molar-refractivity contribution in [3.05, 3.63) is 0 Å². The maximum absolute atomic E-state index is 12.3. The standard InChI is InChI=1S/C12H20N2O6S/c1-9-8-21(18,19)7-4-14(9)11(17)13-12(10(15)16)2-5-20-6-3-12/h9H,2-8H2,1H3,(H,13,17)(H,15,16). The Morgan fingerprint density at radius 2 is 1.95 bits per heavy atom. The highest BCUT2D eigenvalue weighted by Gasteiger charge is 2.43. The van der Waals surface area contributed by atoms with E-state index in [0.29, 0.717) is 0 Å². The maximum atomic E-state index is 12.3. The molecule has 2 amide bonds. The molecule has 0 aromatic rings. The monoisotopic (exact) mass is 320 g/mol. The summed E-state index contributed by atoms with van der Waals surface area (Å²) in [6, 6.07) is -0.990. The number of urea groups is 1. The molecule has 2 aliphatic rings. The van der Waals surface area contributed by atoms with Gasteiger partial charge in [0.25, 0.3) is 0 Å². The Morgan fingerprint density at radius 1 is 1.33 bits per heavy atom. The molecule has 0 bridgehead atoms. The number of aliphatic carboxylic acids is 1. The minimum absolute atomic E-state index is 0.0849. The lowest BCUT2D eigenvalue weighted by Crippen LogP contribution is -2.63. The van der Waals surface area contributed by atoms with Gasteiger partial charge in [-0.2, -0.15) is 0 Å². The summed E-state index contributed by atoms with van der Waals surface area (Å²) in [6.07, 6.45) is 0.406. The highest BCUT2D eigenvalue weighted by atomic mass is 32.2. The highest BCUT2D eigenvalue weighted by Crippen LogP contribution is 2.22. The van der Waals surface area contributed by atoms with Gasteiger partial charge in [0.2, 0.25) is 0 Å². The Kier molecular flexibility index (Phi) is 4.43. The first-order valence-corrected chi connectivity index (χ1v) is 8.68. The van der Waals surface area contributed by atoms with Crippen LogP contribution in [0.15, 0.2) is 0 Å². The number of nitrogens with zero attached hydrogens (tertiary/aromatic N) is 1. The van der Waals surface area contributed by atoms with E-state index in [0.717, 1.165) is 0 Å². The normalized spacial score (nSPS) is 27.9. The summed E-state index contributed by atoms with van der Waals surface area (Å²) in [5.41, 5.74) is -1.33. The largest absolute Gasteiger partial charge is 0.480 e. The van der Waals surface area contributed by atoms with Gasteiger partial charge in [0.05, 0.1) is 11.5 Å². The second kappa shape index (κ2) is 5.80. The first-order chi connectivity index (χ1) is 9.76. The molecule has 2 saturated heterocycles. The van der Waals surface area contributed by atoms with Gasteiger partial charge in [-0.15, -0.1) is 0 Å². The maximum Gasteiger partial charge on any atom is 0.329 e.